The van der Waals surface area contributed by atoms with Gasteiger partial charge in [0, 0.05) is 16.2 Å². The smallest absolute Gasteiger partial charge is 0.173 e. The summed E-state index contributed by atoms with van der Waals surface area (Å²) in [4.78, 5) is 15.9. The number of hydrogen-bond donors (Lipinski definition) is 0. The summed E-state index contributed by atoms with van der Waals surface area (Å²) in [5.41, 5.74) is 1.44. The standard InChI is InChI=1S/C15H16OS2/c16-13(8-7-12-5-3-9-17-12)15-10-11-4-1-2-6-14(11)18-15/h3,5,9-10H,1-2,4,6-8H2. The van der Waals surface area contributed by atoms with E-state index >= 15 is 0 Å². The van der Waals surface area contributed by atoms with Crippen molar-refractivity contribution in [2.75, 3.05) is 0 Å². The lowest BCUT2D eigenvalue weighted by atomic mass is 9.99. The van der Waals surface area contributed by atoms with Gasteiger partial charge in [-0.2, -0.15) is 0 Å². The number of fused-ring (bicyclic) bond motifs is 1. The zero-order valence-corrected chi connectivity index (χ0v) is 11.9. The van der Waals surface area contributed by atoms with Gasteiger partial charge < -0.3 is 0 Å². The second kappa shape index (κ2) is 5.37. The van der Waals surface area contributed by atoms with Crippen LogP contribution in [0.25, 0.3) is 0 Å². The third kappa shape index (κ3) is 2.57. The van der Waals surface area contributed by atoms with Crippen molar-refractivity contribution < 1.29 is 4.79 Å². The van der Waals surface area contributed by atoms with Crippen molar-refractivity contribution >= 4 is 28.5 Å². The van der Waals surface area contributed by atoms with Gasteiger partial charge in [0.1, 0.15) is 0 Å². The molecule has 0 atom stereocenters. The summed E-state index contributed by atoms with van der Waals surface area (Å²) >= 11 is 3.47. The molecule has 3 rings (SSSR count). The molecule has 94 valence electrons. The molecular weight excluding hydrogens is 260 g/mol. The van der Waals surface area contributed by atoms with Crippen molar-refractivity contribution in [3.63, 3.8) is 0 Å². The van der Waals surface area contributed by atoms with Gasteiger partial charge in [0.05, 0.1) is 4.88 Å². The summed E-state index contributed by atoms with van der Waals surface area (Å²) in [6.07, 6.45) is 6.46. The van der Waals surface area contributed by atoms with Gasteiger partial charge >= 0.3 is 0 Å². The molecule has 1 aliphatic carbocycles. The SMILES string of the molecule is O=C(CCc1cccs1)c1cc2c(s1)CCCC2. The Hall–Kier alpha value is -0.930. The second-order valence-corrected chi connectivity index (χ2v) is 6.94. The van der Waals surface area contributed by atoms with Crippen LogP contribution in [0.2, 0.25) is 0 Å². The normalized spacial score (nSPS) is 14.4. The number of carbonyl (C=O) groups is 1. The highest BCUT2D eigenvalue weighted by atomic mass is 32.1. The van der Waals surface area contributed by atoms with Crippen LogP contribution in [-0.4, -0.2) is 5.78 Å². The van der Waals surface area contributed by atoms with Crippen LogP contribution in [0.5, 0.6) is 0 Å². The number of ketones is 1. The van der Waals surface area contributed by atoms with Crippen molar-refractivity contribution in [1.82, 2.24) is 0 Å². The number of aryl methyl sites for hydroxylation is 3. The first-order chi connectivity index (χ1) is 8.83. The topological polar surface area (TPSA) is 17.1 Å². The van der Waals surface area contributed by atoms with Crippen LogP contribution in [0.4, 0.5) is 0 Å². The summed E-state index contributed by atoms with van der Waals surface area (Å²) < 4.78 is 0. The highest BCUT2D eigenvalue weighted by molar-refractivity contribution is 7.14. The van der Waals surface area contributed by atoms with Crippen molar-refractivity contribution in [3.05, 3.63) is 43.8 Å². The first-order valence-electron chi connectivity index (χ1n) is 6.50. The van der Waals surface area contributed by atoms with Crippen LogP contribution < -0.4 is 0 Å². The molecule has 3 heteroatoms. The Labute approximate surface area is 115 Å². The largest absolute Gasteiger partial charge is 0.293 e. The average Bonchev–Trinajstić information content (AvgIpc) is 3.04. The van der Waals surface area contributed by atoms with E-state index in [0.29, 0.717) is 12.2 Å². The Morgan fingerprint density at radius 2 is 2.17 bits per heavy atom. The molecule has 2 aromatic rings. The Balaban J connectivity index is 1.67. The molecule has 2 aromatic heterocycles. The van der Waals surface area contributed by atoms with Crippen LogP contribution in [0, 0.1) is 0 Å². The molecular formula is C15H16OS2. The first kappa shape index (κ1) is 12.1. The predicted octanol–water partition coefficient (Wildman–Crippen LogP) is 4.50. The van der Waals surface area contributed by atoms with Gasteiger partial charge in [-0.25, -0.2) is 0 Å². The maximum atomic E-state index is 12.2. The molecule has 0 fully saturated rings. The highest BCUT2D eigenvalue weighted by Crippen LogP contribution is 2.30. The zero-order valence-electron chi connectivity index (χ0n) is 10.3. The van der Waals surface area contributed by atoms with Gasteiger partial charge in [-0.3, -0.25) is 4.79 Å². The molecule has 0 saturated heterocycles. The number of hydrogen-bond acceptors (Lipinski definition) is 3. The van der Waals surface area contributed by atoms with Crippen molar-refractivity contribution in [2.24, 2.45) is 0 Å². The van der Waals surface area contributed by atoms with E-state index in [1.807, 2.05) is 6.07 Å². The third-order valence-electron chi connectivity index (χ3n) is 3.45. The maximum absolute atomic E-state index is 12.2. The summed E-state index contributed by atoms with van der Waals surface area (Å²) in [6.45, 7) is 0. The molecule has 0 unspecified atom stereocenters. The second-order valence-electron chi connectivity index (χ2n) is 4.77. The van der Waals surface area contributed by atoms with E-state index in [0.717, 1.165) is 11.3 Å². The Bertz CT molecular complexity index is 513. The Morgan fingerprint density at radius 3 is 2.94 bits per heavy atom. The summed E-state index contributed by atoms with van der Waals surface area (Å²) in [6, 6.07) is 6.31. The van der Waals surface area contributed by atoms with E-state index in [1.54, 1.807) is 22.7 Å². The predicted molar refractivity (Wildman–Crippen MR) is 77.9 cm³/mol. The summed E-state index contributed by atoms with van der Waals surface area (Å²) in [5, 5.41) is 2.07. The fourth-order valence-electron chi connectivity index (χ4n) is 2.44. The maximum Gasteiger partial charge on any atom is 0.173 e. The quantitative estimate of drug-likeness (QED) is 0.751. The van der Waals surface area contributed by atoms with E-state index in [4.69, 9.17) is 0 Å². The van der Waals surface area contributed by atoms with Crippen LogP contribution >= 0.6 is 22.7 Å². The van der Waals surface area contributed by atoms with Crippen molar-refractivity contribution in [2.45, 2.75) is 38.5 Å². The fourth-order valence-corrected chi connectivity index (χ4v) is 4.37. The van der Waals surface area contributed by atoms with E-state index in [9.17, 15) is 4.79 Å². The molecule has 0 N–H and O–H groups in total. The van der Waals surface area contributed by atoms with Crippen LogP contribution in [0.15, 0.2) is 23.6 Å². The van der Waals surface area contributed by atoms with Gasteiger partial charge in [-0.1, -0.05) is 6.07 Å². The minimum absolute atomic E-state index is 0.322. The number of thiophene rings is 2. The molecule has 0 bridgehead atoms. The molecule has 0 saturated carbocycles. The number of Topliss-reactive ketones (excluding diaryl/α,β-unsaturated/α-hetero) is 1. The molecule has 0 amide bonds. The summed E-state index contributed by atoms with van der Waals surface area (Å²) in [7, 11) is 0. The monoisotopic (exact) mass is 276 g/mol. The van der Waals surface area contributed by atoms with E-state index in [2.05, 4.69) is 17.5 Å². The van der Waals surface area contributed by atoms with E-state index in [-0.39, 0.29) is 0 Å². The highest BCUT2D eigenvalue weighted by Gasteiger charge is 2.17. The lowest BCUT2D eigenvalue weighted by Gasteiger charge is -2.08. The van der Waals surface area contributed by atoms with Gasteiger partial charge in [0.2, 0.25) is 0 Å². The minimum atomic E-state index is 0.322. The lowest BCUT2D eigenvalue weighted by molar-refractivity contribution is 0.0987. The average molecular weight is 276 g/mol. The third-order valence-corrected chi connectivity index (χ3v) is 5.66. The van der Waals surface area contributed by atoms with Gasteiger partial charge in [0.15, 0.2) is 5.78 Å². The zero-order chi connectivity index (χ0) is 12.4. The number of rotatable bonds is 4. The molecule has 0 spiro atoms. The van der Waals surface area contributed by atoms with Crippen LogP contribution in [-0.2, 0) is 19.3 Å². The lowest BCUT2D eigenvalue weighted by Crippen LogP contribution is -1.98. The van der Waals surface area contributed by atoms with Gasteiger partial charge in [0.25, 0.3) is 0 Å². The number of carbonyl (C=O) groups excluding carboxylic acids is 1. The van der Waals surface area contributed by atoms with E-state index < -0.39 is 0 Å². The molecule has 1 aliphatic rings. The molecule has 2 heterocycles. The molecule has 0 aliphatic heterocycles. The minimum Gasteiger partial charge on any atom is -0.293 e. The van der Waals surface area contributed by atoms with Crippen LogP contribution in [0.1, 0.15) is 44.3 Å². The Morgan fingerprint density at radius 1 is 1.28 bits per heavy atom. The Kier molecular flexibility index (Phi) is 3.62. The molecule has 0 aromatic carbocycles. The van der Waals surface area contributed by atoms with E-state index in [1.165, 1.54) is 41.0 Å². The van der Waals surface area contributed by atoms with Crippen molar-refractivity contribution in [1.29, 1.82) is 0 Å². The first-order valence-corrected chi connectivity index (χ1v) is 8.20. The van der Waals surface area contributed by atoms with Gasteiger partial charge in [-0.05, 0) is 55.2 Å². The van der Waals surface area contributed by atoms with Crippen molar-refractivity contribution in [3.8, 4) is 0 Å². The molecule has 18 heavy (non-hydrogen) atoms. The van der Waals surface area contributed by atoms with Crippen LogP contribution in [0.3, 0.4) is 0 Å². The van der Waals surface area contributed by atoms with Gasteiger partial charge in [-0.15, -0.1) is 22.7 Å². The fraction of sp³-hybridized carbons (Fsp3) is 0.400. The molecule has 0 radical (unpaired) electrons. The summed E-state index contributed by atoms with van der Waals surface area (Å²) in [5.74, 6) is 0.322. The molecule has 1 nitrogen and oxygen atoms in total.